The Bertz CT molecular complexity index is 2830. The molecule has 106 heavy (non-hydrogen) atoms. The monoisotopic (exact) mass is 1490 g/mol. The van der Waals surface area contributed by atoms with E-state index in [1.165, 1.54) is 71.3 Å². The predicted molar refractivity (Wildman–Crippen MR) is 413 cm³/mol. The quantitative estimate of drug-likeness (QED) is 0.0379. The van der Waals surface area contributed by atoms with E-state index in [1.807, 2.05) is 0 Å². The smallest absolute Gasteiger partial charge is 0.305 e. The number of nitrogens with two attached hydrogens (primary N) is 1. The molecule has 0 aromatic rings. The van der Waals surface area contributed by atoms with Gasteiger partial charge in [-0.25, -0.2) is 0 Å². The van der Waals surface area contributed by atoms with Crippen molar-refractivity contribution in [3.8, 4) is 0 Å². The fourth-order valence-corrected chi connectivity index (χ4v) is 30.3. The van der Waals surface area contributed by atoms with Crippen molar-refractivity contribution in [2.24, 2.45) is 174 Å². The third-order valence-corrected chi connectivity index (χ3v) is 35.4. The zero-order valence-electron chi connectivity index (χ0n) is 70.0. The number of rotatable bonds is 27. The molecule has 17 nitrogen and oxygen atoms in total. The van der Waals surface area contributed by atoms with Crippen molar-refractivity contribution in [1.82, 2.24) is 0 Å². The van der Waals surface area contributed by atoms with Crippen molar-refractivity contribution in [3.63, 3.8) is 0 Å². The summed E-state index contributed by atoms with van der Waals surface area (Å²) < 4.78 is 53.8. The second kappa shape index (κ2) is 35.8. The molecule has 0 spiro atoms. The number of esters is 1. The summed E-state index contributed by atoms with van der Waals surface area (Å²) in [5.74, 6) is 9.97. The Morgan fingerprint density at radius 1 is 0.434 bits per heavy atom. The number of hydrogen-bond donors (Lipinski definition) is 5. The average Bonchev–Trinajstić information content (AvgIpc) is 1.42. The molecule has 17 heteroatoms. The maximum atomic E-state index is 12.0. The Balaban J connectivity index is 0.000000171. The number of aliphatic hydroxyl groups is 3. The highest BCUT2D eigenvalue weighted by atomic mass is 16.7. The largest absolute Gasteiger partial charge is 0.481 e. The maximum absolute atomic E-state index is 12.0. The highest BCUT2D eigenvalue weighted by Crippen LogP contribution is 2.75. The highest BCUT2D eigenvalue weighted by molar-refractivity contribution is 5.73. The zero-order valence-corrected chi connectivity index (χ0v) is 70.0. The molecule has 6 N–H and O–H groups in total. The van der Waals surface area contributed by atoms with E-state index in [0.29, 0.717) is 158 Å². The van der Waals surface area contributed by atoms with Crippen LogP contribution in [-0.4, -0.2) is 144 Å². The van der Waals surface area contributed by atoms with Crippen LogP contribution in [0.2, 0.25) is 0 Å². The van der Waals surface area contributed by atoms with E-state index in [1.54, 1.807) is 28.4 Å². The van der Waals surface area contributed by atoms with E-state index in [-0.39, 0.29) is 100 Å². The van der Waals surface area contributed by atoms with Gasteiger partial charge in [-0.05, 0) is 280 Å². The number of carboxylic acids is 1. The lowest BCUT2D eigenvalue weighted by Gasteiger charge is -2.66. The lowest BCUT2D eigenvalue weighted by molar-refractivity contribution is -0.262. The van der Waals surface area contributed by atoms with Crippen molar-refractivity contribution < 1.29 is 77.4 Å². The summed E-state index contributed by atoms with van der Waals surface area (Å²) in [5, 5.41) is 42.9. The first-order valence-electron chi connectivity index (χ1n) is 43.4. The summed E-state index contributed by atoms with van der Waals surface area (Å²) >= 11 is 0. The van der Waals surface area contributed by atoms with Gasteiger partial charge in [0.1, 0.15) is 27.2 Å². The molecule has 9 unspecified atom stereocenters. The predicted octanol–water partition coefficient (Wildman–Crippen LogP) is 16.8. The maximum Gasteiger partial charge on any atom is 0.305 e. The van der Waals surface area contributed by atoms with Crippen molar-refractivity contribution in [2.45, 2.75) is 313 Å². The number of carboxylic acid groups (broad SMARTS) is 1. The number of fused-ring (bicyclic) bond motifs is 15. The van der Waals surface area contributed by atoms with Gasteiger partial charge < -0.3 is 68.8 Å². The van der Waals surface area contributed by atoms with Crippen LogP contribution < -0.4 is 5.73 Å². The molecule has 12 saturated carbocycles. The van der Waals surface area contributed by atoms with Gasteiger partial charge in [-0.1, -0.05) is 129 Å². The van der Waals surface area contributed by atoms with Gasteiger partial charge in [0.15, 0.2) is 0 Å². The molecule has 0 heterocycles. The minimum Gasteiger partial charge on any atom is -0.481 e. The summed E-state index contributed by atoms with van der Waals surface area (Å²) in [6.45, 7) is 34.9. The molecule has 0 aromatic heterocycles. The first kappa shape index (κ1) is 86.4. The average molecular weight is 1500 g/mol. The second-order valence-electron chi connectivity index (χ2n) is 39.7. The number of carbonyl (C=O) groups is 3. The zero-order chi connectivity index (χ0) is 77.3. The van der Waals surface area contributed by atoms with Crippen LogP contribution >= 0.6 is 0 Å². The Kier molecular flexibility index (Phi) is 29.2. The molecule has 12 aliphatic carbocycles. The molecule has 0 aromatic carbocycles. The number of ether oxygens (including phenoxy) is 9. The molecule has 0 aliphatic heterocycles. The third-order valence-electron chi connectivity index (χ3n) is 35.4. The SMILES string of the molecule is CC[C@H]1[C@@H](O)C2C3CC[C@H]([C@H](C)CCC(=O)O)[C@@]3(C)[C@@H](O)CC2[C@@]2(C)CC[C@@H](O)C[C@@H]12.CC[C@H]1[C@@H](OCOC)C2C3CC[C@H]([C@H](C)CCC(=O)OC)[C@@]3(C)[C@@H](OCOC)CC2[C@@]2(C)CC[C@@H](C)C[C@@H]12.CC[C@H]1[C@@H](OCOC)C2C3CC[C@H]([C@H](C)CCC(N)=O)[C@@]3(C)[C@@H](OCOC)CC2[C@@]2(C)CC[C@@H](C)C[C@@H]12. The first-order chi connectivity index (χ1) is 50.3. The summed E-state index contributed by atoms with van der Waals surface area (Å²) in [6, 6.07) is 0. The van der Waals surface area contributed by atoms with Gasteiger partial charge >= 0.3 is 11.9 Å². The second-order valence-corrected chi connectivity index (χ2v) is 39.7. The molecule has 612 valence electrons. The van der Waals surface area contributed by atoms with Gasteiger partial charge in [-0.15, -0.1) is 0 Å². The number of aliphatic hydroxyl groups excluding tert-OH is 3. The highest BCUT2D eigenvalue weighted by Gasteiger charge is 2.72. The number of aliphatic carboxylic acids is 1. The standard InChI is InChI=1S/C32H56O6.C31H55NO5.C26H44O5/c1-9-22-25-16-20(2)14-15-31(25,4)26-17-27(37-18-34-6)32(5)23(21(3)10-13-28(33)36-8)11-12-24(32)29(26)30(22)38-19-35-7;1-8-21-24-15-19(2)13-14-30(24,4)25-16-26(36-17-34-6)31(5)22(20(3)9-12-27(32)33)10-11-23(31)28(25)29(21)37-18-35-7;1-5-16-19-12-15(27)10-11-25(19,3)20-13-21(28)26(4)17(14(2)6-9-22(29)30)7-8-18(26)23(20)24(16)31/h20-27,29-30H,9-19H2,1-8H3;19-26,28-29H,8-18H2,1-7H3,(H2,32,33);14-21,23-24,27-28,31H,5-13H2,1-4H3,(H,29,30)/t20-,21-,22-,23-,24?,25+,26?,27+,29?,30-,31+,32-;19-,20-,21-,22-,23?,24+,25?,26+,28?,29-,30+,31-;14-,15-,16-,17-,18?,19+,20?,21+,23?,24-,25+,26-/m111/s1. The van der Waals surface area contributed by atoms with Crippen molar-refractivity contribution in [1.29, 1.82) is 0 Å². The molecule has 0 radical (unpaired) electrons. The summed E-state index contributed by atoms with van der Waals surface area (Å²) in [7, 11) is 8.45. The minimum absolute atomic E-state index is 0.0212. The topological polar surface area (TPSA) is 241 Å². The molecule has 0 saturated heterocycles. The van der Waals surface area contributed by atoms with Gasteiger partial charge in [-0.3, -0.25) is 14.4 Å². The fraction of sp³-hybridized carbons (Fsp3) is 0.966. The van der Waals surface area contributed by atoms with Gasteiger partial charge in [0.2, 0.25) is 5.91 Å². The van der Waals surface area contributed by atoms with Gasteiger partial charge in [0.05, 0.1) is 49.8 Å². The Morgan fingerprint density at radius 2 is 0.811 bits per heavy atom. The summed E-state index contributed by atoms with van der Waals surface area (Å²) in [5.41, 5.74) is 6.05. The normalized spacial score (nSPS) is 47.7. The molecular formula is C89H155NO16. The van der Waals surface area contributed by atoms with Gasteiger partial charge in [0, 0.05) is 58.5 Å². The lowest BCUT2D eigenvalue weighted by Crippen LogP contribution is -2.65. The summed E-state index contributed by atoms with van der Waals surface area (Å²) in [6.07, 6.45) is 26.7. The molecule has 0 bridgehead atoms. The molecular weight excluding hydrogens is 1340 g/mol. The first-order valence-corrected chi connectivity index (χ1v) is 43.4. The molecule has 12 rings (SSSR count). The Labute approximate surface area is 642 Å². The van der Waals surface area contributed by atoms with E-state index in [4.69, 9.17) is 53.5 Å². The van der Waals surface area contributed by atoms with Crippen LogP contribution in [0.1, 0.15) is 270 Å². The minimum atomic E-state index is -0.747. The van der Waals surface area contributed by atoms with E-state index < -0.39 is 12.1 Å². The van der Waals surface area contributed by atoms with Gasteiger partial charge in [0.25, 0.3) is 0 Å². The van der Waals surface area contributed by atoms with Crippen LogP contribution in [0, 0.1) is 169 Å². The van der Waals surface area contributed by atoms with Crippen LogP contribution in [0.15, 0.2) is 0 Å². The number of methoxy groups -OCH3 is 5. The van der Waals surface area contributed by atoms with Crippen LogP contribution in [0.4, 0.5) is 0 Å². The van der Waals surface area contributed by atoms with E-state index >= 15 is 0 Å². The van der Waals surface area contributed by atoms with Crippen LogP contribution in [-0.2, 0) is 57.0 Å². The molecule has 1 amide bonds. The Morgan fingerprint density at radius 3 is 1.22 bits per heavy atom. The van der Waals surface area contributed by atoms with Crippen LogP contribution in [0.5, 0.6) is 0 Å². The van der Waals surface area contributed by atoms with Crippen molar-refractivity contribution in [3.05, 3.63) is 0 Å². The fourth-order valence-electron chi connectivity index (χ4n) is 30.3. The van der Waals surface area contributed by atoms with E-state index in [2.05, 4.69) is 96.9 Å². The third kappa shape index (κ3) is 15.9. The lowest BCUT2D eigenvalue weighted by atomic mass is 9.40. The number of primary amides is 1. The van der Waals surface area contributed by atoms with Crippen molar-refractivity contribution >= 4 is 17.8 Å². The molecule has 12 aliphatic rings. The van der Waals surface area contributed by atoms with Crippen molar-refractivity contribution in [2.75, 3.05) is 62.7 Å². The number of amides is 1. The molecule has 36 atom stereocenters. The van der Waals surface area contributed by atoms with E-state index in [9.17, 15) is 29.7 Å². The molecule has 12 fully saturated rings. The Hall–Kier alpha value is -2.03. The van der Waals surface area contributed by atoms with Crippen LogP contribution in [0.3, 0.4) is 0 Å². The van der Waals surface area contributed by atoms with Crippen LogP contribution in [0.25, 0.3) is 0 Å². The summed E-state index contributed by atoms with van der Waals surface area (Å²) in [4.78, 5) is 34.8. The van der Waals surface area contributed by atoms with Gasteiger partial charge in [-0.2, -0.15) is 0 Å². The van der Waals surface area contributed by atoms with E-state index in [0.717, 1.165) is 95.3 Å². The number of carbonyl (C=O) groups excluding carboxylic acids is 2. The number of hydrogen-bond acceptors (Lipinski definition) is 15.